The number of rotatable bonds is 4. The maximum absolute atomic E-state index is 12.5. The first-order valence-corrected chi connectivity index (χ1v) is 7.86. The van der Waals surface area contributed by atoms with Gasteiger partial charge in [-0.3, -0.25) is 9.59 Å². The van der Waals surface area contributed by atoms with Crippen LogP contribution in [0, 0.1) is 5.92 Å². The Labute approximate surface area is 136 Å². The zero-order valence-corrected chi connectivity index (χ0v) is 13.1. The standard InChI is InChI=1S/C19H20N2O2/c1-14(15-8-4-2-5-9-15)20-19(23)16-12-18(22)21(13-16)17-10-6-3-7-11-17/h2-11,14,16H,12-13H2,1H3,(H,20,23)/t14-,16-/m0/s1. The molecule has 1 saturated heterocycles. The number of amides is 2. The topological polar surface area (TPSA) is 49.4 Å². The molecule has 1 N–H and O–H groups in total. The zero-order valence-electron chi connectivity index (χ0n) is 13.1. The minimum atomic E-state index is -0.297. The van der Waals surface area contributed by atoms with Crippen LogP contribution in [0.15, 0.2) is 60.7 Å². The summed E-state index contributed by atoms with van der Waals surface area (Å²) in [5.74, 6) is -0.356. The van der Waals surface area contributed by atoms with Crippen molar-refractivity contribution in [2.24, 2.45) is 5.92 Å². The maximum Gasteiger partial charge on any atom is 0.227 e. The summed E-state index contributed by atoms with van der Waals surface area (Å²) >= 11 is 0. The summed E-state index contributed by atoms with van der Waals surface area (Å²) in [6, 6.07) is 19.3. The van der Waals surface area contributed by atoms with Crippen LogP contribution in [0.2, 0.25) is 0 Å². The summed E-state index contributed by atoms with van der Waals surface area (Å²) < 4.78 is 0. The smallest absolute Gasteiger partial charge is 0.227 e. The van der Waals surface area contributed by atoms with E-state index < -0.39 is 0 Å². The SMILES string of the molecule is C[C@H](NC(=O)[C@H]1CC(=O)N(c2ccccc2)C1)c1ccccc1. The lowest BCUT2D eigenvalue weighted by Gasteiger charge is -2.18. The number of para-hydroxylation sites is 1. The van der Waals surface area contributed by atoms with E-state index in [0.29, 0.717) is 6.54 Å². The first-order valence-electron chi connectivity index (χ1n) is 7.86. The van der Waals surface area contributed by atoms with Gasteiger partial charge in [0, 0.05) is 18.7 Å². The highest BCUT2D eigenvalue weighted by atomic mass is 16.2. The fourth-order valence-electron chi connectivity index (χ4n) is 2.90. The van der Waals surface area contributed by atoms with Crippen molar-refractivity contribution in [2.45, 2.75) is 19.4 Å². The van der Waals surface area contributed by atoms with Crippen molar-refractivity contribution in [3.8, 4) is 0 Å². The Balaban J connectivity index is 1.64. The normalized spacial score (nSPS) is 18.7. The van der Waals surface area contributed by atoms with E-state index >= 15 is 0 Å². The monoisotopic (exact) mass is 308 g/mol. The molecule has 1 fully saturated rings. The molecule has 0 aromatic heterocycles. The quantitative estimate of drug-likeness (QED) is 0.944. The summed E-state index contributed by atoms with van der Waals surface area (Å²) in [5, 5.41) is 3.01. The van der Waals surface area contributed by atoms with Crippen LogP contribution in [0.5, 0.6) is 0 Å². The molecule has 0 unspecified atom stereocenters. The fraction of sp³-hybridized carbons (Fsp3) is 0.263. The highest BCUT2D eigenvalue weighted by Crippen LogP contribution is 2.25. The molecule has 2 aromatic rings. The molecule has 23 heavy (non-hydrogen) atoms. The second-order valence-corrected chi connectivity index (χ2v) is 5.88. The van der Waals surface area contributed by atoms with E-state index in [1.54, 1.807) is 4.90 Å². The number of carbonyl (C=O) groups is 2. The fourth-order valence-corrected chi connectivity index (χ4v) is 2.90. The molecule has 0 bridgehead atoms. The molecule has 1 heterocycles. The van der Waals surface area contributed by atoms with E-state index in [2.05, 4.69) is 5.32 Å². The number of benzene rings is 2. The number of anilines is 1. The van der Waals surface area contributed by atoms with E-state index in [0.717, 1.165) is 11.3 Å². The third kappa shape index (κ3) is 3.42. The molecule has 118 valence electrons. The Bertz CT molecular complexity index is 685. The van der Waals surface area contributed by atoms with E-state index in [-0.39, 0.29) is 30.2 Å². The van der Waals surface area contributed by atoms with Gasteiger partial charge >= 0.3 is 0 Å². The van der Waals surface area contributed by atoms with Crippen molar-refractivity contribution in [3.05, 3.63) is 66.2 Å². The van der Waals surface area contributed by atoms with Crippen LogP contribution in [-0.2, 0) is 9.59 Å². The van der Waals surface area contributed by atoms with Gasteiger partial charge in [0.2, 0.25) is 11.8 Å². The van der Waals surface area contributed by atoms with Crippen LogP contribution in [-0.4, -0.2) is 18.4 Å². The zero-order chi connectivity index (χ0) is 16.2. The summed E-state index contributed by atoms with van der Waals surface area (Å²) in [7, 11) is 0. The molecule has 2 atom stereocenters. The number of hydrogen-bond donors (Lipinski definition) is 1. The van der Waals surface area contributed by atoms with Gasteiger partial charge < -0.3 is 10.2 Å². The minimum absolute atomic E-state index is 0.00344. The Kier molecular flexibility index (Phi) is 4.42. The molecular weight excluding hydrogens is 288 g/mol. The van der Waals surface area contributed by atoms with Gasteiger partial charge in [-0.2, -0.15) is 0 Å². The molecule has 0 saturated carbocycles. The molecular formula is C19H20N2O2. The van der Waals surface area contributed by atoms with Crippen LogP contribution in [0.25, 0.3) is 0 Å². The van der Waals surface area contributed by atoms with Crippen molar-refractivity contribution in [2.75, 3.05) is 11.4 Å². The molecule has 0 aliphatic carbocycles. The molecule has 1 aliphatic heterocycles. The van der Waals surface area contributed by atoms with Crippen LogP contribution >= 0.6 is 0 Å². The summed E-state index contributed by atoms with van der Waals surface area (Å²) in [5.41, 5.74) is 1.91. The third-order valence-electron chi connectivity index (χ3n) is 4.22. The molecule has 3 rings (SSSR count). The largest absolute Gasteiger partial charge is 0.349 e. The Morgan fingerprint density at radius 2 is 1.70 bits per heavy atom. The highest BCUT2D eigenvalue weighted by Gasteiger charge is 2.35. The van der Waals surface area contributed by atoms with Crippen molar-refractivity contribution in [1.82, 2.24) is 5.32 Å². The maximum atomic E-state index is 12.5. The van der Waals surface area contributed by atoms with Gasteiger partial charge in [0.15, 0.2) is 0 Å². The van der Waals surface area contributed by atoms with Crippen LogP contribution in [0.3, 0.4) is 0 Å². The average Bonchev–Trinajstić information content (AvgIpc) is 2.98. The molecule has 4 heteroatoms. The number of nitrogens with one attached hydrogen (secondary N) is 1. The van der Waals surface area contributed by atoms with Crippen LogP contribution < -0.4 is 10.2 Å². The van der Waals surface area contributed by atoms with Gasteiger partial charge in [-0.1, -0.05) is 48.5 Å². The van der Waals surface area contributed by atoms with Gasteiger partial charge in [-0.15, -0.1) is 0 Å². The second kappa shape index (κ2) is 6.65. The van der Waals surface area contributed by atoms with Crippen molar-refractivity contribution >= 4 is 17.5 Å². The van der Waals surface area contributed by atoms with Gasteiger partial charge in [0.05, 0.1) is 12.0 Å². The van der Waals surface area contributed by atoms with Crippen LogP contribution in [0.4, 0.5) is 5.69 Å². The number of hydrogen-bond acceptors (Lipinski definition) is 2. The number of nitrogens with zero attached hydrogens (tertiary/aromatic N) is 1. The lowest BCUT2D eigenvalue weighted by atomic mass is 10.1. The minimum Gasteiger partial charge on any atom is -0.349 e. The van der Waals surface area contributed by atoms with Gasteiger partial charge in [0.25, 0.3) is 0 Å². The van der Waals surface area contributed by atoms with E-state index in [1.807, 2.05) is 67.6 Å². The second-order valence-electron chi connectivity index (χ2n) is 5.88. The van der Waals surface area contributed by atoms with Crippen molar-refractivity contribution in [1.29, 1.82) is 0 Å². The van der Waals surface area contributed by atoms with E-state index in [4.69, 9.17) is 0 Å². The van der Waals surface area contributed by atoms with Gasteiger partial charge in [-0.25, -0.2) is 0 Å². The molecule has 1 aliphatic rings. The molecule has 2 amide bonds. The molecule has 0 radical (unpaired) electrons. The Morgan fingerprint density at radius 1 is 1.09 bits per heavy atom. The first-order chi connectivity index (χ1) is 11.1. The van der Waals surface area contributed by atoms with Gasteiger partial charge in [-0.05, 0) is 24.6 Å². The van der Waals surface area contributed by atoms with Gasteiger partial charge in [0.1, 0.15) is 0 Å². The molecule has 4 nitrogen and oxygen atoms in total. The Hall–Kier alpha value is -2.62. The summed E-state index contributed by atoms with van der Waals surface area (Å²) in [6.07, 6.45) is 0.266. The predicted octanol–water partition coefficient (Wildman–Crippen LogP) is 2.92. The van der Waals surface area contributed by atoms with E-state index in [1.165, 1.54) is 0 Å². The Morgan fingerprint density at radius 3 is 2.35 bits per heavy atom. The first kappa shape index (κ1) is 15.3. The lowest BCUT2D eigenvalue weighted by Crippen LogP contribution is -2.34. The van der Waals surface area contributed by atoms with Crippen molar-refractivity contribution < 1.29 is 9.59 Å². The highest BCUT2D eigenvalue weighted by molar-refractivity contribution is 6.00. The summed E-state index contributed by atoms with van der Waals surface area (Å²) in [6.45, 7) is 2.40. The molecule has 2 aromatic carbocycles. The lowest BCUT2D eigenvalue weighted by molar-refractivity contribution is -0.126. The predicted molar refractivity (Wildman–Crippen MR) is 89.9 cm³/mol. The average molecular weight is 308 g/mol. The van der Waals surface area contributed by atoms with Crippen molar-refractivity contribution in [3.63, 3.8) is 0 Å². The summed E-state index contributed by atoms with van der Waals surface area (Å²) in [4.78, 5) is 26.3. The van der Waals surface area contributed by atoms with Crippen LogP contribution in [0.1, 0.15) is 24.9 Å². The van der Waals surface area contributed by atoms with E-state index in [9.17, 15) is 9.59 Å². The molecule has 0 spiro atoms. The number of carbonyl (C=O) groups excluding carboxylic acids is 2. The third-order valence-corrected chi connectivity index (χ3v) is 4.22.